The summed E-state index contributed by atoms with van der Waals surface area (Å²) < 4.78 is 1.80. The molecule has 0 saturated heterocycles. The molecule has 2 aromatic rings. The fourth-order valence-corrected chi connectivity index (χ4v) is 7.40. The van der Waals surface area contributed by atoms with Gasteiger partial charge in [-0.25, -0.2) is 4.98 Å². The van der Waals surface area contributed by atoms with Crippen molar-refractivity contribution < 1.29 is 14.7 Å². The van der Waals surface area contributed by atoms with Crippen LogP contribution < -0.4 is 5.32 Å². The molecule has 4 aliphatic rings. The minimum Gasteiger partial charge on any atom is -0.395 e. The van der Waals surface area contributed by atoms with Gasteiger partial charge in [0, 0.05) is 25.7 Å². The highest BCUT2D eigenvalue weighted by atomic mass is 16.3. The molecule has 0 atom stereocenters. The SMILES string of the molecule is CCCCCN(CCO)C(=O)c1cn2c(NC(=O)CC34CC5CC(CC(C5)C3)C4)cccc2n1. The molecular formula is C27H38N4O3. The van der Waals surface area contributed by atoms with Crippen molar-refractivity contribution >= 4 is 23.3 Å². The lowest BCUT2D eigenvalue weighted by Crippen LogP contribution is -2.47. The zero-order valence-corrected chi connectivity index (χ0v) is 20.3. The number of amides is 2. The lowest BCUT2D eigenvalue weighted by molar-refractivity contribution is -0.124. The molecular weight excluding hydrogens is 428 g/mol. The maximum Gasteiger partial charge on any atom is 0.274 e. The van der Waals surface area contributed by atoms with Crippen molar-refractivity contribution in [3.8, 4) is 0 Å². The Labute approximate surface area is 201 Å². The third-order valence-corrected chi connectivity index (χ3v) is 8.37. The Kier molecular flexibility index (Phi) is 6.65. The third-order valence-electron chi connectivity index (χ3n) is 8.37. The van der Waals surface area contributed by atoms with Gasteiger partial charge in [0.05, 0.1) is 6.61 Å². The summed E-state index contributed by atoms with van der Waals surface area (Å²) >= 11 is 0. The number of nitrogens with one attached hydrogen (secondary N) is 1. The number of fused-ring (bicyclic) bond motifs is 1. The Hall–Kier alpha value is -2.41. The number of aliphatic hydroxyl groups is 1. The second kappa shape index (κ2) is 9.68. The molecule has 4 saturated carbocycles. The molecule has 0 spiro atoms. The summed E-state index contributed by atoms with van der Waals surface area (Å²) in [5, 5.41) is 12.5. The van der Waals surface area contributed by atoms with Gasteiger partial charge >= 0.3 is 0 Å². The van der Waals surface area contributed by atoms with Crippen LogP contribution >= 0.6 is 0 Å². The number of carbonyl (C=O) groups excluding carboxylic acids is 2. The number of aromatic nitrogens is 2. The van der Waals surface area contributed by atoms with Crippen molar-refractivity contribution in [2.24, 2.45) is 23.2 Å². The molecule has 7 heteroatoms. The second-order valence-corrected chi connectivity index (χ2v) is 11.1. The highest BCUT2D eigenvalue weighted by molar-refractivity contribution is 5.94. The van der Waals surface area contributed by atoms with Crippen molar-refractivity contribution in [1.29, 1.82) is 0 Å². The molecule has 2 N–H and O–H groups in total. The van der Waals surface area contributed by atoms with E-state index >= 15 is 0 Å². The summed E-state index contributed by atoms with van der Waals surface area (Å²) in [6.45, 7) is 2.96. The van der Waals surface area contributed by atoms with Crippen molar-refractivity contribution in [2.75, 3.05) is 25.0 Å². The zero-order valence-electron chi connectivity index (χ0n) is 20.3. The number of pyridine rings is 1. The van der Waals surface area contributed by atoms with Gasteiger partial charge in [-0.15, -0.1) is 0 Å². The fourth-order valence-electron chi connectivity index (χ4n) is 7.40. The van der Waals surface area contributed by atoms with Gasteiger partial charge in [-0.2, -0.15) is 0 Å². The van der Waals surface area contributed by atoms with Crippen LogP contribution in [0.5, 0.6) is 0 Å². The van der Waals surface area contributed by atoms with Crippen LogP contribution in [0.2, 0.25) is 0 Å². The first kappa shape index (κ1) is 23.3. The van der Waals surface area contributed by atoms with Crippen molar-refractivity contribution in [2.45, 2.75) is 71.1 Å². The van der Waals surface area contributed by atoms with Crippen LogP contribution in [-0.4, -0.2) is 50.9 Å². The molecule has 0 unspecified atom stereocenters. The molecule has 7 nitrogen and oxygen atoms in total. The van der Waals surface area contributed by atoms with Crippen LogP contribution in [0.3, 0.4) is 0 Å². The third kappa shape index (κ3) is 4.72. The van der Waals surface area contributed by atoms with Gasteiger partial charge in [-0.1, -0.05) is 25.8 Å². The van der Waals surface area contributed by atoms with Crippen molar-refractivity contribution in [1.82, 2.24) is 14.3 Å². The van der Waals surface area contributed by atoms with Crippen LogP contribution in [0.4, 0.5) is 5.82 Å². The summed E-state index contributed by atoms with van der Waals surface area (Å²) in [6.07, 6.45) is 13.1. The number of anilines is 1. The van der Waals surface area contributed by atoms with Gasteiger partial charge in [0.15, 0.2) is 0 Å². The van der Waals surface area contributed by atoms with E-state index in [4.69, 9.17) is 0 Å². The number of rotatable bonds is 10. The molecule has 0 aliphatic heterocycles. The summed E-state index contributed by atoms with van der Waals surface area (Å²) in [5.41, 5.74) is 1.16. The normalized spacial score (nSPS) is 27.3. The van der Waals surface area contributed by atoms with E-state index in [0.717, 1.165) is 37.0 Å². The largest absolute Gasteiger partial charge is 0.395 e. The molecule has 2 heterocycles. The number of aliphatic hydroxyl groups excluding tert-OH is 1. The monoisotopic (exact) mass is 466 g/mol. The Balaban J connectivity index is 1.30. The molecule has 2 aromatic heterocycles. The van der Waals surface area contributed by atoms with E-state index in [1.165, 1.54) is 38.5 Å². The quantitative estimate of drug-likeness (QED) is 0.505. The van der Waals surface area contributed by atoms with Crippen molar-refractivity contribution in [3.63, 3.8) is 0 Å². The number of carbonyl (C=O) groups is 2. The first-order valence-electron chi connectivity index (χ1n) is 13.2. The fraction of sp³-hybridized carbons (Fsp3) is 0.667. The molecule has 4 bridgehead atoms. The number of unbranched alkanes of at least 4 members (excludes halogenated alkanes) is 2. The highest BCUT2D eigenvalue weighted by Crippen LogP contribution is 2.61. The minimum atomic E-state index is -0.181. The predicted molar refractivity (Wildman–Crippen MR) is 132 cm³/mol. The summed E-state index contributed by atoms with van der Waals surface area (Å²) in [4.78, 5) is 32.5. The van der Waals surface area contributed by atoms with E-state index in [-0.39, 0.29) is 23.8 Å². The molecule has 4 fully saturated rings. The first-order valence-corrected chi connectivity index (χ1v) is 13.2. The van der Waals surface area contributed by atoms with Gasteiger partial charge in [0.2, 0.25) is 5.91 Å². The standard InChI is InChI=1S/C27H38N4O3/c1-2-3-4-8-30(9-10-32)26(34)22-18-31-23(28-22)6-5-7-24(31)29-25(33)17-27-14-19-11-20(15-27)13-21(12-19)16-27/h5-7,18-21,32H,2-4,8-17H2,1H3,(H,29,33). The maximum atomic E-state index is 13.2. The summed E-state index contributed by atoms with van der Waals surface area (Å²) in [7, 11) is 0. The van der Waals surface area contributed by atoms with Crippen LogP contribution in [0.1, 0.15) is 81.6 Å². The molecule has 6 rings (SSSR count). The Morgan fingerprint density at radius 3 is 2.47 bits per heavy atom. The Bertz CT molecular complexity index is 1010. The van der Waals surface area contributed by atoms with E-state index < -0.39 is 0 Å². The van der Waals surface area contributed by atoms with Gasteiger partial charge < -0.3 is 15.3 Å². The van der Waals surface area contributed by atoms with Gasteiger partial charge in [0.1, 0.15) is 17.2 Å². The van der Waals surface area contributed by atoms with Gasteiger partial charge in [0.25, 0.3) is 5.91 Å². The van der Waals surface area contributed by atoms with E-state index in [1.54, 1.807) is 15.5 Å². The molecule has 184 valence electrons. The first-order chi connectivity index (χ1) is 16.5. The average molecular weight is 467 g/mol. The lowest BCUT2D eigenvalue weighted by Gasteiger charge is -2.56. The minimum absolute atomic E-state index is 0.0671. The van der Waals surface area contributed by atoms with Crippen LogP contribution in [0, 0.1) is 23.2 Å². The number of hydrogen-bond acceptors (Lipinski definition) is 4. The summed E-state index contributed by atoms with van der Waals surface area (Å²) in [6, 6.07) is 5.58. The molecule has 4 aliphatic carbocycles. The van der Waals surface area contributed by atoms with E-state index in [1.807, 2.05) is 18.2 Å². The lowest BCUT2D eigenvalue weighted by atomic mass is 9.49. The highest BCUT2D eigenvalue weighted by Gasteiger charge is 2.51. The number of imidazole rings is 1. The molecule has 0 radical (unpaired) electrons. The number of hydrogen-bond donors (Lipinski definition) is 2. The van der Waals surface area contributed by atoms with E-state index in [2.05, 4.69) is 17.2 Å². The Morgan fingerprint density at radius 2 is 1.82 bits per heavy atom. The topological polar surface area (TPSA) is 86.9 Å². The van der Waals surface area contributed by atoms with Crippen LogP contribution in [0.15, 0.2) is 24.4 Å². The molecule has 2 amide bonds. The zero-order chi connectivity index (χ0) is 23.7. The van der Waals surface area contributed by atoms with Gasteiger partial charge in [-0.3, -0.25) is 14.0 Å². The average Bonchev–Trinajstić information content (AvgIpc) is 3.22. The molecule has 0 aromatic carbocycles. The van der Waals surface area contributed by atoms with Crippen LogP contribution in [-0.2, 0) is 4.79 Å². The molecule has 34 heavy (non-hydrogen) atoms. The predicted octanol–water partition coefficient (Wildman–Crippen LogP) is 4.50. The smallest absolute Gasteiger partial charge is 0.274 e. The Morgan fingerprint density at radius 1 is 1.12 bits per heavy atom. The maximum absolute atomic E-state index is 13.2. The number of nitrogens with zero attached hydrogens (tertiary/aromatic N) is 3. The van der Waals surface area contributed by atoms with E-state index in [9.17, 15) is 14.7 Å². The van der Waals surface area contributed by atoms with Gasteiger partial charge in [-0.05, 0) is 80.2 Å². The van der Waals surface area contributed by atoms with Crippen LogP contribution in [0.25, 0.3) is 5.65 Å². The van der Waals surface area contributed by atoms with E-state index in [0.29, 0.717) is 36.7 Å². The summed E-state index contributed by atoms with van der Waals surface area (Å²) in [5.74, 6) is 3.01. The second-order valence-electron chi connectivity index (χ2n) is 11.1. The van der Waals surface area contributed by atoms with Crippen molar-refractivity contribution in [3.05, 3.63) is 30.1 Å².